The van der Waals surface area contributed by atoms with E-state index in [1.165, 1.54) is 0 Å². The van der Waals surface area contributed by atoms with Gasteiger partial charge in [0.05, 0.1) is 11.7 Å². The molecule has 0 aliphatic carbocycles. The van der Waals surface area contributed by atoms with Gasteiger partial charge in [0.2, 0.25) is 5.91 Å². The number of nitrogens with two attached hydrogens (primary N) is 1. The Morgan fingerprint density at radius 3 is 2.62 bits per heavy atom. The van der Waals surface area contributed by atoms with Crippen LogP contribution >= 0.6 is 12.4 Å². The molecule has 0 aliphatic rings. The lowest BCUT2D eigenvalue weighted by atomic mass is 10.1. The van der Waals surface area contributed by atoms with Gasteiger partial charge in [-0.1, -0.05) is 36.4 Å². The molecule has 1 heterocycles. The number of amides is 1. The number of rotatable bonds is 5. The molecule has 0 saturated heterocycles. The third-order valence-electron chi connectivity index (χ3n) is 3.52. The van der Waals surface area contributed by atoms with Gasteiger partial charge in [0.1, 0.15) is 0 Å². The van der Waals surface area contributed by atoms with Crippen molar-refractivity contribution in [2.45, 2.75) is 12.5 Å². The molecule has 0 fully saturated rings. The standard InChI is InChI=1S/C18H18N4O.ClH/c19-17(12-14-6-2-1-3-7-14)18(23)21-15-8-4-9-16(13-15)22-11-5-10-20-22;/h1-11,13,17H,12,19H2,(H,21,23);1H/t17-;/m0./s1. The maximum absolute atomic E-state index is 12.3. The lowest BCUT2D eigenvalue weighted by Gasteiger charge is -2.13. The highest BCUT2D eigenvalue weighted by molar-refractivity contribution is 5.95. The molecule has 0 saturated carbocycles. The number of hydrogen-bond donors (Lipinski definition) is 2. The van der Waals surface area contributed by atoms with Crippen LogP contribution in [0.5, 0.6) is 0 Å². The van der Waals surface area contributed by atoms with Crippen molar-refractivity contribution in [2.24, 2.45) is 5.73 Å². The van der Waals surface area contributed by atoms with Gasteiger partial charge in [-0.25, -0.2) is 4.68 Å². The zero-order valence-electron chi connectivity index (χ0n) is 13.0. The van der Waals surface area contributed by atoms with Crippen molar-refractivity contribution in [1.82, 2.24) is 9.78 Å². The molecule has 24 heavy (non-hydrogen) atoms. The Hall–Kier alpha value is -2.63. The Labute approximate surface area is 146 Å². The maximum atomic E-state index is 12.3. The minimum atomic E-state index is -0.592. The van der Waals surface area contributed by atoms with E-state index < -0.39 is 6.04 Å². The Morgan fingerprint density at radius 2 is 1.92 bits per heavy atom. The minimum Gasteiger partial charge on any atom is -0.325 e. The molecule has 0 unspecified atom stereocenters. The average molecular weight is 343 g/mol. The Kier molecular flexibility index (Phi) is 6.12. The van der Waals surface area contributed by atoms with Crippen LogP contribution in [0.1, 0.15) is 5.56 Å². The van der Waals surface area contributed by atoms with E-state index in [9.17, 15) is 4.79 Å². The number of nitrogens with one attached hydrogen (secondary N) is 1. The van der Waals surface area contributed by atoms with Crippen LogP contribution in [0.2, 0.25) is 0 Å². The number of anilines is 1. The SMILES string of the molecule is Cl.N[C@@H](Cc1ccccc1)C(=O)Nc1cccc(-n2cccn2)c1. The summed E-state index contributed by atoms with van der Waals surface area (Å²) in [5.41, 5.74) is 8.62. The smallest absolute Gasteiger partial charge is 0.241 e. The fraction of sp³-hybridized carbons (Fsp3) is 0.111. The van der Waals surface area contributed by atoms with Crippen LogP contribution < -0.4 is 11.1 Å². The van der Waals surface area contributed by atoms with Crippen LogP contribution in [0.3, 0.4) is 0 Å². The zero-order valence-corrected chi connectivity index (χ0v) is 13.8. The first-order valence-corrected chi connectivity index (χ1v) is 7.43. The van der Waals surface area contributed by atoms with Crippen molar-refractivity contribution >= 4 is 24.0 Å². The highest BCUT2D eigenvalue weighted by atomic mass is 35.5. The lowest BCUT2D eigenvalue weighted by Crippen LogP contribution is -2.37. The summed E-state index contributed by atoms with van der Waals surface area (Å²) >= 11 is 0. The quantitative estimate of drug-likeness (QED) is 0.748. The second-order valence-corrected chi connectivity index (χ2v) is 5.29. The summed E-state index contributed by atoms with van der Waals surface area (Å²) in [6.07, 6.45) is 4.06. The van der Waals surface area contributed by atoms with Crippen LogP contribution in [-0.4, -0.2) is 21.7 Å². The van der Waals surface area contributed by atoms with E-state index in [0.29, 0.717) is 12.1 Å². The molecule has 6 heteroatoms. The van der Waals surface area contributed by atoms with Gasteiger partial charge in [-0.3, -0.25) is 4.79 Å². The molecule has 1 atom stereocenters. The average Bonchev–Trinajstić information content (AvgIpc) is 3.10. The molecule has 2 aromatic carbocycles. The van der Waals surface area contributed by atoms with E-state index in [2.05, 4.69) is 10.4 Å². The van der Waals surface area contributed by atoms with E-state index in [0.717, 1.165) is 11.3 Å². The lowest BCUT2D eigenvalue weighted by molar-refractivity contribution is -0.117. The van der Waals surface area contributed by atoms with Crippen molar-refractivity contribution in [3.63, 3.8) is 0 Å². The van der Waals surface area contributed by atoms with E-state index >= 15 is 0 Å². The fourth-order valence-electron chi connectivity index (χ4n) is 2.34. The number of benzene rings is 2. The summed E-state index contributed by atoms with van der Waals surface area (Å²) in [6, 6.07) is 18.5. The van der Waals surface area contributed by atoms with Crippen LogP contribution in [0.4, 0.5) is 5.69 Å². The van der Waals surface area contributed by atoms with Crippen molar-refractivity contribution in [1.29, 1.82) is 0 Å². The summed E-state index contributed by atoms with van der Waals surface area (Å²) in [4.78, 5) is 12.3. The molecule has 0 bridgehead atoms. The molecule has 3 N–H and O–H groups in total. The Balaban J connectivity index is 0.00000208. The number of hydrogen-bond acceptors (Lipinski definition) is 3. The zero-order chi connectivity index (χ0) is 16.1. The second-order valence-electron chi connectivity index (χ2n) is 5.29. The monoisotopic (exact) mass is 342 g/mol. The van der Waals surface area contributed by atoms with E-state index in [1.54, 1.807) is 10.9 Å². The highest BCUT2D eigenvalue weighted by Gasteiger charge is 2.14. The van der Waals surface area contributed by atoms with Crippen LogP contribution in [-0.2, 0) is 11.2 Å². The topological polar surface area (TPSA) is 72.9 Å². The highest BCUT2D eigenvalue weighted by Crippen LogP contribution is 2.14. The second kappa shape index (κ2) is 8.29. The minimum absolute atomic E-state index is 0. The van der Waals surface area contributed by atoms with E-state index in [-0.39, 0.29) is 18.3 Å². The summed E-state index contributed by atoms with van der Waals surface area (Å²) in [7, 11) is 0. The molecule has 3 rings (SSSR count). The number of carbonyl (C=O) groups excluding carboxylic acids is 1. The molecule has 0 radical (unpaired) electrons. The first-order chi connectivity index (χ1) is 11.2. The molecular weight excluding hydrogens is 324 g/mol. The molecule has 0 aliphatic heterocycles. The van der Waals surface area contributed by atoms with Crippen molar-refractivity contribution in [3.05, 3.63) is 78.6 Å². The maximum Gasteiger partial charge on any atom is 0.241 e. The van der Waals surface area contributed by atoms with Gasteiger partial charge < -0.3 is 11.1 Å². The summed E-state index contributed by atoms with van der Waals surface area (Å²) in [6.45, 7) is 0. The molecular formula is C18H19ClN4O. The van der Waals surface area contributed by atoms with Gasteiger partial charge in [0, 0.05) is 18.1 Å². The van der Waals surface area contributed by atoms with Crippen molar-refractivity contribution < 1.29 is 4.79 Å². The Bertz CT molecular complexity index is 775. The molecule has 1 aromatic heterocycles. The third kappa shape index (κ3) is 4.44. The van der Waals surface area contributed by atoms with Crippen molar-refractivity contribution in [3.8, 4) is 5.69 Å². The number of nitrogens with zero attached hydrogens (tertiary/aromatic N) is 2. The van der Waals surface area contributed by atoms with Gasteiger partial charge >= 0.3 is 0 Å². The van der Waals surface area contributed by atoms with Crippen LogP contribution in [0.15, 0.2) is 73.1 Å². The van der Waals surface area contributed by atoms with E-state index in [4.69, 9.17) is 5.73 Å². The summed E-state index contributed by atoms with van der Waals surface area (Å²) in [5, 5.41) is 7.04. The summed E-state index contributed by atoms with van der Waals surface area (Å²) in [5.74, 6) is -0.202. The number of halogens is 1. The van der Waals surface area contributed by atoms with Crippen LogP contribution in [0, 0.1) is 0 Å². The fourth-order valence-corrected chi connectivity index (χ4v) is 2.34. The van der Waals surface area contributed by atoms with Gasteiger partial charge in [-0.2, -0.15) is 5.10 Å². The predicted octanol–water partition coefficient (Wildman–Crippen LogP) is 2.80. The summed E-state index contributed by atoms with van der Waals surface area (Å²) < 4.78 is 1.74. The molecule has 0 spiro atoms. The van der Waals surface area contributed by atoms with Crippen molar-refractivity contribution in [2.75, 3.05) is 5.32 Å². The predicted molar refractivity (Wildman–Crippen MR) is 97.6 cm³/mol. The molecule has 5 nitrogen and oxygen atoms in total. The molecule has 124 valence electrons. The van der Waals surface area contributed by atoms with Gasteiger partial charge in [-0.05, 0) is 36.2 Å². The third-order valence-corrected chi connectivity index (χ3v) is 3.52. The van der Waals surface area contributed by atoms with E-state index in [1.807, 2.05) is 66.9 Å². The Morgan fingerprint density at radius 1 is 1.12 bits per heavy atom. The normalized spacial score (nSPS) is 11.4. The van der Waals surface area contributed by atoms with Gasteiger partial charge in [-0.15, -0.1) is 12.4 Å². The number of carbonyl (C=O) groups is 1. The van der Waals surface area contributed by atoms with Gasteiger partial charge in [0.25, 0.3) is 0 Å². The molecule has 1 amide bonds. The van der Waals surface area contributed by atoms with Crippen LogP contribution in [0.25, 0.3) is 5.69 Å². The first-order valence-electron chi connectivity index (χ1n) is 7.43. The largest absolute Gasteiger partial charge is 0.325 e. The molecule has 3 aromatic rings. The first kappa shape index (κ1) is 17.7. The van der Waals surface area contributed by atoms with Gasteiger partial charge in [0.15, 0.2) is 0 Å². The number of aromatic nitrogens is 2.